The van der Waals surface area contributed by atoms with Gasteiger partial charge in [-0.05, 0) is 42.5 Å². The van der Waals surface area contributed by atoms with Crippen molar-refractivity contribution in [1.82, 2.24) is 15.5 Å². The molecule has 1 aromatic rings. The summed E-state index contributed by atoms with van der Waals surface area (Å²) in [7, 11) is 0. The van der Waals surface area contributed by atoms with Gasteiger partial charge < -0.3 is 15.5 Å². The van der Waals surface area contributed by atoms with Gasteiger partial charge in [0.05, 0.1) is 0 Å². The molecule has 0 unspecified atom stereocenters. The van der Waals surface area contributed by atoms with E-state index in [1.54, 1.807) is 4.90 Å². The third kappa shape index (κ3) is 5.51. The Morgan fingerprint density at radius 1 is 1.17 bits per heavy atom. The van der Waals surface area contributed by atoms with Crippen molar-refractivity contribution in [2.45, 2.75) is 39.7 Å². The Balaban J connectivity index is 1.77. The Kier molecular flexibility index (Phi) is 5.80. The Morgan fingerprint density at radius 3 is 2.29 bits per heavy atom. The minimum atomic E-state index is -0.360. The number of nitrogens with one attached hydrogen (secondary N) is 2. The molecule has 6 heteroatoms. The molecule has 0 saturated carbocycles. The first-order valence-electron chi connectivity index (χ1n) is 8.34. The van der Waals surface area contributed by atoms with Crippen molar-refractivity contribution in [3.8, 4) is 0 Å². The average Bonchev–Trinajstić information content (AvgIpc) is 2.53. The van der Waals surface area contributed by atoms with Crippen molar-refractivity contribution in [1.29, 1.82) is 0 Å². The van der Waals surface area contributed by atoms with Gasteiger partial charge >= 0.3 is 6.03 Å². The molecule has 1 aliphatic heterocycles. The van der Waals surface area contributed by atoms with Crippen molar-refractivity contribution >= 4 is 11.9 Å². The fourth-order valence-electron chi connectivity index (χ4n) is 2.55. The standard InChI is InChI=1S/C18H26FN3O2/c1-18(2,3)12-20-17(24)22-10-8-15(9-11-22)21-16(23)13-4-6-14(19)7-5-13/h4-7,15H,8-12H2,1-3H3,(H,20,24)(H,21,23). The molecule has 0 spiro atoms. The van der Waals surface area contributed by atoms with Crippen molar-refractivity contribution in [2.75, 3.05) is 19.6 Å². The van der Waals surface area contributed by atoms with Gasteiger partial charge in [-0.25, -0.2) is 9.18 Å². The first kappa shape index (κ1) is 18.2. The van der Waals surface area contributed by atoms with E-state index in [0.29, 0.717) is 25.2 Å². The van der Waals surface area contributed by atoms with E-state index < -0.39 is 0 Å². The van der Waals surface area contributed by atoms with E-state index in [2.05, 4.69) is 31.4 Å². The Morgan fingerprint density at radius 2 is 1.75 bits per heavy atom. The second-order valence-electron chi connectivity index (χ2n) is 7.46. The molecule has 1 saturated heterocycles. The molecule has 0 aliphatic carbocycles. The molecule has 1 aliphatic rings. The number of amides is 3. The topological polar surface area (TPSA) is 61.4 Å². The summed E-state index contributed by atoms with van der Waals surface area (Å²) in [6.07, 6.45) is 1.44. The van der Waals surface area contributed by atoms with Crippen LogP contribution in [0.3, 0.4) is 0 Å². The van der Waals surface area contributed by atoms with Gasteiger partial charge in [0.2, 0.25) is 0 Å². The second kappa shape index (κ2) is 7.64. The van der Waals surface area contributed by atoms with Gasteiger partial charge in [0.25, 0.3) is 5.91 Å². The first-order valence-corrected chi connectivity index (χ1v) is 8.34. The Hall–Kier alpha value is -2.11. The van der Waals surface area contributed by atoms with Crippen LogP contribution in [0.2, 0.25) is 0 Å². The number of nitrogens with zero attached hydrogens (tertiary/aromatic N) is 1. The number of rotatable bonds is 3. The minimum Gasteiger partial charge on any atom is -0.349 e. The van der Waals surface area contributed by atoms with Gasteiger partial charge in [-0.3, -0.25) is 4.79 Å². The highest BCUT2D eigenvalue weighted by molar-refractivity contribution is 5.94. The molecule has 24 heavy (non-hydrogen) atoms. The van der Waals surface area contributed by atoms with Gasteiger partial charge in [-0.2, -0.15) is 0 Å². The lowest BCUT2D eigenvalue weighted by Gasteiger charge is -2.33. The molecule has 0 radical (unpaired) electrons. The second-order valence-corrected chi connectivity index (χ2v) is 7.46. The Bertz CT molecular complexity index is 573. The quantitative estimate of drug-likeness (QED) is 0.892. The molecular formula is C18H26FN3O2. The monoisotopic (exact) mass is 335 g/mol. The van der Waals surface area contributed by atoms with Crippen LogP contribution in [0.4, 0.5) is 9.18 Å². The van der Waals surface area contributed by atoms with Crippen LogP contribution in [-0.4, -0.2) is 42.5 Å². The SMILES string of the molecule is CC(C)(C)CNC(=O)N1CCC(NC(=O)c2ccc(F)cc2)CC1. The fourth-order valence-corrected chi connectivity index (χ4v) is 2.55. The average molecular weight is 335 g/mol. The number of urea groups is 1. The van der Waals surface area contributed by atoms with Crippen LogP contribution in [0.15, 0.2) is 24.3 Å². The number of hydrogen-bond donors (Lipinski definition) is 2. The Labute approximate surface area is 142 Å². The van der Waals surface area contributed by atoms with Crippen molar-refractivity contribution in [2.24, 2.45) is 5.41 Å². The normalized spacial score (nSPS) is 15.9. The lowest BCUT2D eigenvalue weighted by molar-refractivity contribution is 0.0917. The molecule has 1 fully saturated rings. The highest BCUT2D eigenvalue weighted by Gasteiger charge is 2.24. The summed E-state index contributed by atoms with van der Waals surface area (Å²) in [6.45, 7) is 8.08. The summed E-state index contributed by atoms with van der Waals surface area (Å²) in [5.74, 6) is -0.563. The van der Waals surface area contributed by atoms with E-state index >= 15 is 0 Å². The lowest BCUT2D eigenvalue weighted by atomic mass is 9.97. The van der Waals surface area contributed by atoms with Crippen LogP contribution in [0.5, 0.6) is 0 Å². The maximum Gasteiger partial charge on any atom is 0.317 e. The van der Waals surface area contributed by atoms with Gasteiger partial charge in [0.1, 0.15) is 5.82 Å². The van der Waals surface area contributed by atoms with E-state index in [-0.39, 0.29) is 29.2 Å². The predicted octanol–water partition coefficient (Wildman–Crippen LogP) is 2.78. The minimum absolute atomic E-state index is 0.0363. The number of piperidine rings is 1. The zero-order valence-electron chi connectivity index (χ0n) is 14.6. The first-order chi connectivity index (χ1) is 11.2. The lowest BCUT2D eigenvalue weighted by Crippen LogP contribution is -2.50. The predicted molar refractivity (Wildman–Crippen MR) is 91.3 cm³/mol. The summed E-state index contributed by atoms with van der Waals surface area (Å²) < 4.78 is 12.9. The van der Waals surface area contributed by atoms with Crippen molar-refractivity contribution in [3.63, 3.8) is 0 Å². The van der Waals surface area contributed by atoms with E-state index in [0.717, 1.165) is 12.8 Å². The third-order valence-corrected chi connectivity index (χ3v) is 3.99. The van der Waals surface area contributed by atoms with Gasteiger partial charge in [-0.15, -0.1) is 0 Å². The number of carbonyl (C=O) groups excluding carboxylic acids is 2. The maximum atomic E-state index is 12.9. The zero-order valence-corrected chi connectivity index (χ0v) is 14.6. The smallest absolute Gasteiger partial charge is 0.317 e. The maximum absolute atomic E-state index is 12.9. The molecule has 3 amide bonds. The summed E-state index contributed by atoms with van der Waals surface area (Å²) in [5, 5.41) is 5.89. The third-order valence-electron chi connectivity index (χ3n) is 3.99. The molecule has 1 heterocycles. The van der Waals surface area contributed by atoms with Gasteiger partial charge in [0, 0.05) is 31.2 Å². The van der Waals surface area contributed by atoms with Crippen LogP contribution in [0.25, 0.3) is 0 Å². The highest BCUT2D eigenvalue weighted by Crippen LogP contribution is 2.14. The van der Waals surface area contributed by atoms with Gasteiger partial charge in [0.15, 0.2) is 0 Å². The molecule has 0 aromatic heterocycles. The van der Waals surface area contributed by atoms with E-state index in [1.165, 1.54) is 24.3 Å². The molecule has 1 aromatic carbocycles. The molecule has 2 rings (SSSR count). The molecule has 5 nitrogen and oxygen atoms in total. The number of hydrogen-bond acceptors (Lipinski definition) is 2. The van der Waals surface area contributed by atoms with Crippen LogP contribution in [0.1, 0.15) is 44.0 Å². The van der Waals surface area contributed by atoms with E-state index in [1.807, 2.05) is 0 Å². The van der Waals surface area contributed by atoms with E-state index in [4.69, 9.17) is 0 Å². The van der Waals surface area contributed by atoms with Crippen molar-refractivity contribution in [3.05, 3.63) is 35.6 Å². The zero-order chi connectivity index (χ0) is 17.7. The summed E-state index contributed by atoms with van der Waals surface area (Å²) in [6, 6.07) is 5.48. The largest absolute Gasteiger partial charge is 0.349 e. The number of likely N-dealkylation sites (tertiary alicyclic amines) is 1. The number of benzene rings is 1. The molecule has 0 atom stereocenters. The molecular weight excluding hydrogens is 309 g/mol. The number of carbonyl (C=O) groups is 2. The summed E-state index contributed by atoms with van der Waals surface area (Å²) >= 11 is 0. The molecule has 0 bridgehead atoms. The molecule has 2 N–H and O–H groups in total. The van der Waals surface area contributed by atoms with Crippen LogP contribution >= 0.6 is 0 Å². The summed E-state index contributed by atoms with van der Waals surface area (Å²) in [4.78, 5) is 26.0. The summed E-state index contributed by atoms with van der Waals surface area (Å²) in [5.41, 5.74) is 0.499. The fraction of sp³-hybridized carbons (Fsp3) is 0.556. The number of halogens is 1. The van der Waals surface area contributed by atoms with Crippen molar-refractivity contribution < 1.29 is 14.0 Å². The highest BCUT2D eigenvalue weighted by atomic mass is 19.1. The van der Waals surface area contributed by atoms with Crippen LogP contribution in [0, 0.1) is 11.2 Å². The van der Waals surface area contributed by atoms with Gasteiger partial charge in [-0.1, -0.05) is 20.8 Å². The van der Waals surface area contributed by atoms with Crippen LogP contribution in [-0.2, 0) is 0 Å². The van der Waals surface area contributed by atoms with Crippen LogP contribution < -0.4 is 10.6 Å². The molecule has 132 valence electrons. The van der Waals surface area contributed by atoms with E-state index in [9.17, 15) is 14.0 Å².